The third-order valence-electron chi connectivity index (χ3n) is 2.77. The van der Waals surface area contributed by atoms with E-state index >= 15 is 0 Å². The minimum atomic E-state index is 1.16. The van der Waals surface area contributed by atoms with Gasteiger partial charge in [0.15, 0.2) is 12.3 Å². The van der Waals surface area contributed by atoms with E-state index in [1.807, 2.05) is 16.7 Å². The van der Waals surface area contributed by atoms with Crippen molar-refractivity contribution in [3.8, 4) is 0 Å². The Balaban J connectivity index is 2.59. The molecule has 0 radical (unpaired) electrons. The Morgan fingerprint density at radius 3 is 3.00 bits per heavy atom. The molecule has 1 aliphatic carbocycles. The van der Waals surface area contributed by atoms with Crippen molar-refractivity contribution in [1.29, 1.82) is 0 Å². The van der Waals surface area contributed by atoms with Crippen molar-refractivity contribution in [3.05, 3.63) is 60.5 Å². The van der Waals surface area contributed by atoms with Crippen LogP contribution in [0.3, 0.4) is 0 Å². The average Bonchev–Trinajstić information content (AvgIpc) is 2.30. The van der Waals surface area contributed by atoms with Crippen LogP contribution >= 0.6 is 0 Å². The summed E-state index contributed by atoms with van der Waals surface area (Å²) in [6, 6.07) is 10.5. The van der Waals surface area contributed by atoms with E-state index in [0.29, 0.717) is 0 Å². The number of rotatable bonds is 0. The van der Waals surface area contributed by atoms with Crippen molar-refractivity contribution >= 4 is 23.1 Å². The number of hydrogen-bond donors (Lipinski definition) is 0. The molecule has 1 aliphatic rings. The first kappa shape index (κ1) is 8.30. The Labute approximate surface area is 88.3 Å². The summed E-state index contributed by atoms with van der Waals surface area (Å²) < 4.78 is 1.99. The Hall–Kier alpha value is -2.02. The van der Waals surface area contributed by atoms with Gasteiger partial charge in [0.05, 0.1) is 11.5 Å². The lowest BCUT2D eigenvalue weighted by atomic mass is 10.1. The van der Waals surface area contributed by atoms with E-state index in [2.05, 4.69) is 49.2 Å². The molecule has 0 N–H and O–H groups in total. The minimum absolute atomic E-state index is 1.16. The molecule has 3 rings (SSSR count). The van der Waals surface area contributed by atoms with Gasteiger partial charge in [-0.2, -0.15) is 0 Å². The van der Waals surface area contributed by atoms with Gasteiger partial charge in [-0.05, 0) is 12.1 Å². The van der Waals surface area contributed by atoms with Crippen LogP contribution in [-0.4, -0.2) is 0 Å². The van der Waals surface area contributed by atoms with Crippen molar-refractivity contribution in [2.75, 3.05) is 0 Å². The molecule has 70 valence electrons. The first-order valence-electron chi connectivity index (χ1n) is 5.00. The third kappa shape index (κ3) is 1.17. The van der Waals surface area contributed by atoms with Crippen LogP contribution in [0.4, 0.5) is 0 Å². The van der Waals surface area contributed by atoms with Crippen LogP contribution in [-0.2, 0) is 0 Å². The van der Waals surface area contributed by atoms with Crippen LogP contribution < -0.4 is 9.59 Å². The number of nitrogens with zero attached hydrogens (tertiary/aromatic N) is 1. The van der Waals surface area contributed by atoms with Gasteiger partial charge in [-0.25, -0.2) is 0 Å². The zero-order valence-electron chi connectivity index (χ0n) is 8.35. The maximum Gasteiger partial charge on any atom is 0.318 e. The minimum Gasteiger partial charge on any atom is -0.111 e. The molecule has 2 aromatic rings. The van der Waals surface area contributed by atoms with E-state index in [-0.39, 0.29) is 0 Å². The molecule has 1 aromatic carbocycles. The second kappa shape index (κ2) is 2.99. The molecule has 0 amide bonds. The first-order chi connectivity index (χ1) is 7.36. The van der Waals surface area contributed by atoms with Crippen molar-refractivity contribution in [1.82, 2.24) is 0 Å². The van der Waals surface area contributed by atoms with Crippen LogP contribution in [0.1, 0.15) is 5.56 Å². The highest BCUT2D eigenvalue weighted by atomic mass is 14.8. The summed E-state index contributed by atoms with van der Waals surface area (Å²) in [6.07, 6.45) is 8.30. The second-order valence-electron chi connectivity index (χ2n) is 3.69. The highest BCUT2D eigenvalue weighted by Gasteiger charge is 2.15. The topological polar surface area (TPSA) is 5.90 Å². The fraction of sp³-hybridized carbons (Fsp3) is 0. The van der Waals surface area contributed by atoms with E-state index in [4.69, 9.17) is 0 Å². The molecule has 0 saturated carbocycles. The number of benzene rings is 1. The van der Waals surface area contributed by atoms with Gasteiger partial charge in [0.25, 0.3) is 0 Å². The fourth-order valence-electron chi connectivity index (χ4n) is 2.01. The summed E-state index contributed by atoms with van der Waals surface area (Å²) in [6.45, 7) is 4.09. The lowest BCUT2D eigenvalue weighted by molar-refractivity contribution is -0.483. The molecular formula is C14H11N+2. The zero-order valence-corrected chi connectivity index (χ0v) is 8.35. The predicted octanol–water partition coefficient (Wildman–Crippen LogP) is 1.78. The van der Waals surface area contributed by atoms with Crippen LogP contribution in [0.5, 0.6) is 0 Å². The Morgan fingerprint density at radius 1 is 1.20 bits per heavy atom. The molecule has 1 heterocycles. The van der Waals surface area contributed by atoms with E-state index in [0.717, 1.165) is 10.9 Å². The van der Waals surface area contributed by atoms with Crippen molar-refractivity contribution < 1.29 is 4.24 Å². The van der Waals surface area contributed by atoms with Gasteiger partial charge in [0.2, 0.25) is 5.52 Å². The van der Waals surface area contributed by atoms with Crippen LogP contribution in [0.15, 0.2) is 36.4 Å². The second-order valence-corrected chi connectivity index (χ2v) is 3.69. The Morgan fingerprint density at radius 2 is 2.07 bits per heavy atom. The van der Waals surface area contributed by atoms with Crippen molar-refractivity contribution in [3.63, 3.8) is 0 Å². The number of fused-ring (bicyclic) bond motifs is 2. The number of aromatic nitrogens is 1. The molecule has 0 spiro atoms. The zero-order chi connectivity index (χ0) is 10.3. The maximum absolute atomic E-state index is 4.09. The summed E-state index contributed by atoms with van der Waals surface area (Å²) in [5.74, 6) is 0. The van der Waals surface area contributed by atoms with Gasteiger partial charge in [-0.15, -0.1) is 4.24 Å². The van der Waals surface area contributed by atoms with Gasteiger partial charge in [-0.1, -0.05) is 12.1 Å². The smallest absolute Gasteiger partial charge is 0.111 e. The van der Waals surface area contributed by atoms with Gasteiger partial charge < -0.3 is 0 Å². The number of allylic oxidation sites excluding steroid dienone is 1. The third-order valence-corrected chi connectivity index (χ3v) is 2.77. The van der Waals surface area contributed by atoms with E-state index < -0.39 is 0 Å². The standard InChI is InChI=1S/C14H11N/c1-15-13-8-4-2-6-11(13)10-12-7-3-5-9-14(12)15/h2-10H,1H2/q+2. The monoisotopic (exact) mass is 193 g/mol. The lowest BCUT2D eigenvalue weighted by Crippen LogP contribution is -2.38. The van der Waals surface area contributed by atoms with Crippen LogP contribution in [0.25, 0.3) is 23.1 Å². The molecule has 15 heavy (non-hydrogen) atoms. The number of pyridine rings is 1. The van der Waals surface area contributed by atoms with Gasteiger partial charge in [0, 0.05) is 18.6 Å². The number of hydrogen-bond acceptors (Lipinski definition) is 0. The molecule has 1 aromatic heterocycles. The maximum atomic E-state index is 4.09. The van der Waals surface area contributed by atoms with Crippen LogP contribution in [0.2, 0.25) is 0 Å². The Bertz CT molecular complexity index is 666. The summed E-state index contributed by atoms with van der Waals surface area (Å²) in [4.78, 5) is 0. The molecule has 1 heteroatoms. The highest BCUT2D eigenvalue weighted by molar-refractivity contribution is 5.78. The van der Waals surface area contributed by atoms with Crippen molar-refractivity contribution in [2.45, 2.75) is 0 Å². The van der Waals surface area contributed by atoms with Gasteiger partial charge >= 0.3 is 5.35 Å². The summed E-state index contributed by atoms with van der Waals surface area (Å²) >= 11 is 0. The highest BCUT2D eigenvalue weighted by Crippen LogP contribution is 2.10. The van der Waals surface area contributed by atoms with Crippen LogP contribution in [0, 0.1) is 13.1 Å². The molecule has 0 unspecified atom stereocenters. The predicted molar refractivity (Wildman–Crippen MR) is 62.3 cm³/mol. The molecular weight excluding hydrogens is 182 g/mol. The molecule has 0 bridgehead atoms. The van der Waals surface area contributed by atoms with E-state index in [9.17, 15) is 0 Å². The molecule has 1 nitrogen and oxygen atoms in total. The molecule has 0 aliphatic heterocycles. The molecule has 0 fully saturated rings. The van der Waals surface area contributed by atoms with E-state index in [1.165, 1.54) is 10.9 Å². The Kier molecular flexibility index (Phi) is 1.65. The summed E-state index contributed by atoms with van der Waals surface area (Å²) in [5.41, 5.74) is 2.39. The SMILES string of the molecule is C=[n+]1c2c(cc3ccccc31)C=C[CH+]C=2. The summed E-state index contributed by atoms with van der Waals surface area (Å²) in [7, 11) is 0. The van der Waals surface area contributed by atoms with Gasteiger partial charge in [0.1, 0.15) is 6.08 Å². The first-order valence-corrected chi connectivity index (χ1v) is 5.00. The quantitative estimate of drug-likeness (QED) is 0.444. The van der Waals surface area contributed by atoms with E-state index in [1.54, 1.807) is 0 Å². The largest absolute Gasteiger partial charge is 0.318 e. The molecule has 0 atom stereocenters. The fourth-order valence-corrected chi connectivity index (χ4v) is 2.01. The molecule has 0 saturated heterocycles. The lowest BCUT2D eigenvalue weighted by Gasteiger charge is -1.94. The van der Waals surface area contributed by atoms with Gasteiger partial charge in [-0.3, -0.25) is 0 Å². The normalized spacial score (nSPS) is 13.1. The summed E-state index contributed by atoms with van der Waals surface area (Å²) in [5, 5.41) is 2.39. The average molecular weight is 193 g/mol. The number of para-hydroxylation sites is 1. The van der Waals surface area contributed by atoms with Crippen molar-refractivity contribution in [2.24, 2.45) is 0 Å².